The molecule has 1 aromatic carbocycles. The van der Waals surface area contributed by atoms with Crippen molar-refractivity contribution in [2.75, 3.05) is 12.3 Å². The zero-order valence-electron chi connectivity index (χ0n) is 11.2. The molecule has 0 aliphatic heterocycles. The fourth-order valence-corrected chi connectivity index (χ4v) is 2.17. The van der Waals surface area contributed by atoms with E-state index in [4.69, 9.17) is 5.11 Å². The van der Waals surface area contributed by atoms with E-state index in [1.54, 1.807) is 26.0 Å². The molecule has 0 unspecified atom stereocenters. The Labute approximate surface area is 120 Å². The van der Waals surface area contributed by atoms with Gasteiger partial charge in [0.25, 0.3) is 0 Å². The van der Waals surface area contributed by atoms with Crippen LogP contribution < -0.4 is 10.6 Å². The standard InChI is InChI=1S/C13H16N2O4S/c1-3-14-13(19)15-11(16)7-20-9-5-4-8(2)10(6-9)12(17)18/h4-6H,3,7H2,1-2H3,(H,17,18)(H2,14,15,16,19). The smallest absolute Gasteiger partial charge is 0.335 e. The maximum Gasteiger partial charge on any atom is 0.335 e. The molecule has 0 fully saturated rings. The fraction of sp³-hybridized carbons (Fsp3) is 0.308. The third kappa shape index (κ3) is 4.93. The molecule has 108 valence electrons. The zero-order valence-corrected chi connectivity index (χ0v) is 12.0. The summed E-state index contributed by atoms with van der Waals surface area (Å²) < 4.78 is 0. The first-order valence-electron chi connectivity index (χ1n) is 5.98. The van der Waals surface area contributed by atoms with E-state index in [2.05, 4.69) is 10.6 Å². The molecule has 1 rings (SSSR count). The van der Waals surface area contributed by atoms with E-state index in [1.165, 1.54) is 17.8 Å². The van der Waals surface area contributed by atoms with Crippen molar-refractivity contribution in [1.82, 2.24) is 10.6 Å². The molecule has 0 bridgehead atoms. The summed E-state index contributed by atoms with van der Waals surface area (Å²) in [5.74, 6) is -1.39. The Hall–Kier alpha value is -2.02. The number of carboxylic acid groups (broad SMARTS) is 1. The molecule has 0 atom stereocenters. The number of carbonyl (C=O) groups excluding carboxylic acids is 2. The number of nitrogens with one attached hydrogen (secondary N) is 2. The van der Waals surface area contributed by atoms with Crippen LogP contribution in [0.1, 0.15) is 22.8 Å². The van der Waals surface area contributed by atoms with Crippen molar-refractivity contribution in [3.8, 4) is 0 Å². The van der Waals surface area contributed by atoms with Crippen molar-refractivity contribution in [3.63, 3.8) is 0 Å². The molecule has 3 N–H and O–H groups in total. The summed E-state index contributed by atoms with van der Waals surface area (Å²) in [5, 5.41) is 13.6. The van der Waals surface area contributed by atoms with Crippen LogP contribution in [0.15, 0.2) is 23.1 Å². The van der Waals surface area contributed by atoms with Crippen LogP contribution in [-0.4, -0.2) is 35.3 Å². The van der Waals surface area contributed by atoms with Crippen LogP contribution in [0, 0.1) is 6.92 Å². The van der Waals surface area contributed by atoms with E-state index < -0.39 is 17.9 Å². The molecule has 0 aliphatic rings. The normalized spacial score (nSPS) is 9.90. The Morgan fingerprint density at radius 1 is 1.30 bits per heavy atom. The molecule has 0 aliphatic carbocycles. The Kier molecular flexibility index (Phi) is 6.05. The van der Waals surface area contributed by atoms with Crippen LogP contribution in [0.3, 0.4) is 0 Å². The lowest BCUT2D eigenvalue weighted by atomic mass is 10.1. The predicted octanol–water partition coefficient (Wildman–Crippen LogP) is 1.63. The number of rotatable bonds is 5. The molecule has 1 aromatic rings. The maximum atomic E-state index is 11.5. The van der Waals surface area contributed by atoms with Gasteiger partial charge in [-0.15, -0.1) is 11.8 Å². The van der Waals surface area contributed by atoms with Gasteiger partial charge in [0, 0.05) is 11.4 Å². The van der Waals surface area contributed by atoms with Crippen LogP contribution >= 0.6 is 11.8 Å². The summed E-state index contributed by atoms with van der Waals surface area (Å²) in [7, 11) is 0. The third-order valence-electron chi connectivity index (χ3n) is 2.40. The second-order valence-corrected chi connectivity index (χ2v) is 5.03. The predicted molar refractivity (Wildman–Crippen MR) is 76.1 cm³/mol. The van der Waals surface area contributed by atoms with Gasteiger partial charge in [-0.3, -0.25) is 10.1 Å². The number of carboxylic acids is 1. The summed E-state index contributed by atoms with van der Waals surface area (Å²) in [4.78, 5) is 34.3. The highest BCUT2D eigenvalue weighted by atomic mass is 32.2. The number of imide groups is 1. The van der Waals surface area contributed by atoms with Gasteiger partial charge in [0.15, 0.2) is 0 Å². The molecular formula is C13H16N2O4S. The Bertz CT molecular complexity index is 531. The summed E-state index contributed by atoms with van der Waals surface area (Å²) >= 11 is 1.17. The maximum absolute atomic E-state index is 11.5. The number of carbonyl (C=O) groups is 3. The van der Waals surface area contributed by atoms with Gasteiger partial charge >= 0.3 is 12.0 Å². The SMILES string of the molecule is CCNC(=O)NC(=O)CSc1ccc(C)c(C(=O)O)c1. The average Bonchev–Trinajstić information content (AvgIpc) is 2.37. The summed E-state index contributed by atoms with van der Waals surface area (Å²) in [6.07, 6.45) is 0. The molecule has 7 heteroatoms. The van der Waals surface area contributed by atoms with E-state index in [9.17, 15) is 14.4 Å². The van der Waals surface area contributed by atoms with Gasteiger partial charge in [0.1, 0.15) is 0 Å². The third-order valence-corrected chi connectivity index (χ3v) is 3.39. The highest BCUT2D eigenvalue weighted by molar-refractivity contribution is 8.00. The van der Waals surface area contributed by atoms with Gasteiger partial charge in [0.05, 0.1) is 11.3 Å². The molecule has 0 aromatic heterocycles. The molecule has 0 saturated heterocycles. The zero-order chi connectivity index (χ0) is 15.1. The summed E-state index contributed by atoms with van der Waals surface area (Å²) in [5.41, 5.74) is 0.868. The van der Waals surface area contributed by atoms with Crippen LogP contribution in [0.4, 0.5) is 4.79 Å². The van der Waals surface area contributed by atoms with Crippen molar-refractivity contribution in [2.45, 2.75) is 18.7 Å². The average molecular weight is 296 g/mol. The van der Waals surface area contributed by atoms with Gasteiger partial charge in [-0.05, 0) is 31.5 Å². The van der Waals surface area contributed by atoms with Crippen molar-refractivity contribution in [3.05, 3.63) is 29.3 Å². The number of aryl methyl sites for hydroxylation is 1. The lowest BCUT2D eigenvalue weighted by Gasteiger charge is -2.06. The molecule has 0 saturated carbocycles. The number of aromatic carboxylic acids is 1. The van der Waals surface area contributed by atoms with Crippen LogP contribution in [0.25, 0.3) is 0 Å². The van der Waals surface area contributed by atoms with Gasteiger partial charge in [0.2, 0.25) is 5.91 Å². The Morgan fingerprint density at radius 2 is 2.00 bits per heavy atom. The Balaban J connectivity index is 2.58. The number of amides is 3. The minimum Gasteiger partial charge on any atom is -0.478 e. The van der Waals surface area contributed by atoms with Gasteiger partial charge in [-0.25, -0.2) is 9.59 Å². The van der Waals surface area contributed by atoms with Gasteiger partial charge < -0.3 is 10.4 Å². The van der Waals surface area contributed by atoms with Crippen molar-refractivity contribution in [1.29, 1.82) is 0 Å². The largest absolute Gasteiger partial charge is 0.478 e. The summed E-state index contributed by atoms with van der Waals surface area (Å²) in [6.45, 7) is 3.89. The molecule has 20 heavy (non-hydrogen) atoms. The number of benzene rings is 1. The van der Waals surface area contributed by atoms with E-state index in [1.807, 2.05) is 0 Å². The molecule has 0 spiro atoms. The summed E-state index contributed by atoms with van der Waals surface area (Å²) in [6, 6.07) is 4.41. The monoisotopic (exact) mass is 296 g/mol. The Morgan fingerprint density at radius 3 is 2.60 bits per heavy atom. The highest BCUT2D eigenvalue weighted by Gasteiger charge is 2.10. The lowest BCUT2D eigenvalue weighted by Crippen LogP contribution is -2.40. The number of thioether (sulfide) groups is 1. The highest BCUT2D eigenvalue weighted by Crippen LogP contribution is 2.21. The second kappa shape index (κ2) is 7.54. The van der Waals surface area contributed by atoms with Crippen molar-refractivity contribution >= 4 is 29.7 Å². The van der Waals surface area contributed by atoms with E-state index in [0.717, 1.165) is 0 Å². The number of urea groups is 1. The van der Waals surface area contributed by atoms with E-state index in [0.29, 0.717) is 17.0 Å². The lowest BCUT2D eigenvalue weighted by molar-refractivity contribution is -0.117. The first kappa shape index (κ1) is 16.0. The minimum absolute atomic E-state index is 0.0409. The van der Waals surface area contributed by atoms with Gasteiger partial charge in [-0.1, -0.05) is 6.07 Å². The second-order valence-electron chi connectivity index (χ2n) is 3.98. The minimum atomic E-state index is -1.00. The van der Waals surface area contributed by atoms with Crippen LogP contribution in [0.2, 0.25) is 0 Å². The molecule has 0 heterocycles. The van der Waals surface area contributed by atoms with Crippen molar-refractivity contribution < 1.29 is 19.5 Å². The first-order chi connectivity index (χ1) is 9.43. The topological polar surface area (TPSA) is 95.5 Å². The first-order valence-corrected chi connectivity index (χ1v) is 6.97. The van der Waals surface area contributed by atoms with Crippen molar-refractivity contribution in [2.24, 2.45) is 0 Å². The molecule has 3 amide bonds. The molecule has 0 radical (unpaired) electrons. The molecular weight excluding hydrogens is 280 g/mol. The quantitative estimate of drug-likeness (QED) is 0.718. The van der Waals surface area contributed by atoms with Crippen LogP contribution in [-0.2, 0) is 4.79 Å². The van der Waals surface area contributed by atoms with E-state index in [-0.39, 0.29) is 11.3 Å². The van der Waals surface area contributed by atoms with E-state index >= 15 is 0 Å². The molecule has 6 nitrogen and oxygen atoms in total. The van der Waals surface area contributed by atoms with Crippen LogP contribution in [0.5, 0.6) is 0 Å². The van der Waals surface area contributed by atoms with Gasteiger partial charge in [-0.2, -0.15) is 0 Å². The number of hydrogen-bond donors (Lipinski definition) is 3. The number of hydrogen-bond acceptors (Lipinski definition) is 4. The fourth-order valence-electron chi connectivity index (χ4n) is 1.44.